The Morgan fingerprint density at radius 2 is 1.74 bits per heavy atom. The van der Waals surface area contributed by atoms with Crippen LogP contribution in [0.2, 0.25) is 0 Å². The van der Waals surface area contributed by atoms with E-state index in [0.717, 1.165) is 22.3 Å². The summed E-state index contributed by atoms with van der Waals surface area (Å²) in [5, 5.41) is 11.3. The number of aryl methyl sites for hydroxylation is 1. The number of aromatic nitrogens is 1. The zero-order chi connectivity index (χ0) is 24.4. The number of amides is 1. The van der Waals surface area contributed by atoms with Crippen molar-refractivity contribution in [2.45, 2.75) is 39.3 Å². The molecule has 6 heteroatoms. The monoisotopic (exact) mass is 456 g/mol. The van der Waals surface area contributed by atoms with E-state index in [4.69, 9.17) is 4.74 Å². The molecule has 1 atom stereocenters. The van der Waals surface area contributed by atoms with E-state index in [2.05, 4.69) is 18.8 Å². The van der Waals surface area contributed by atoms with Gasteiger partial charge in [0.05, 0.1) is 18.7 Å². The third kappa shape index (κ3) is 4.31. The molecule has 174 valence electrons. The van der Waals surface area contributed by atoms with Crippen molar-refractivity contribution in [2.24, 2.45) is 0 Å². The SMILES string of the molecule is COc1ccc(/C(O)=C2/C(=O)C(=O)N(Cc3ccncc3)C2c2ccc(C(C)C)cc2)cc1C. The fourth-order valence-electron chi connectivity index (χ4n) is 4.32. The van der Waals surface area contributed by atoms with E-state index >= 15 is 0 Å². The van der Waals surface area contributed by atoms with Crippen molar-refractivity contribution in [1.29, 1.82) is 0 Å². The number of carbonyl (C=O) groups excluding carboxylic acids is 2. The van der Waals surface area contributed by atoms with Crippen molar-refractivity contribution in [3.63, 3.8) is 0 Å². The molecular weight excluding hydrogens is 428 g/mol. The molecular formula is C28H28N2O4. The lowest BCUT2D eigenvalue weighted by molar-refractivity contribution is -0.140. The molecule has 2 heterocycles. The molecule has 2 aromatic carbocycles. The molecule has 3 aromatic rings. The van der Waals surface area contributed by atoms with E-state index in [1.54, 1.807) is 37.7 Å². The number of ketones is 1. The first-order valence-corrected chi connectivity index (χ1v) is 11.2. The Kier molecular flexibility index (Phi) is 6.50. The predicted molar refractivity (Wildman–Crippen MR) is 130 cm³/mol. The number of hydrogen-bond donors (Lipinski definition) is 1. The summed E-state index contributed by atoms with van der Waals surface area (Å²) in [5.41, 5.74) is 4.13. The van der Waals surface area contributed by atoms with Crippen LogP contribution in [-0.2, 0) is 16.1 Å². The normalized spacial score (nSPS) is 17.4. The van der Waals surface area contributed by atoms with Crippen LogP contribution in [0.1, 0.15) is 53.6 Å². The van der Waals surface area contributed by atoms with Gasteiger partial charge in [0.1, 0.15) is 11.5 Å². The van der Waals surface area contributed by atoms with Gasteiger partial charge in [0.25, 0.3) is 11.7 Å². The average Bonchev–Trinajstić information content (AvgIpc) is 3.09. The minimum absolute atomic E-state index is 0.0842. The lowest BCUT2D eigenvalue weighted by Gasteiger charge is -2.26. The molecule has 1 fully saturated rings. The Balaban J connectivity index is 1.85. The van der Waals surface area contributed by atoms with Gasteiger partial charge in [-0.05, 0) is 65.4 Å². The third-order valence-corrected chi connectivity index (χ3v) is 6.23. The van der Waals surface area contributed by atoms with Crippen molar-refractivity contribution in [3.8, 4) is 5.75 Å². The average molecular weight is 457 g/mol. The first-order chi connectivity index (χ1) is 16.3. The first kappa shape index (κ1) is 23.2. The van der Waals surface area contributed by atoms with Crippen LogP contribution in [0.3, 0.4) is 0 Å². The zero-order valence-corrected chi connectivity index (χ0v) is 19.8. The Hall–Kier alpha value is -3.93. The van der Waals surface area contributed by atoms with Gasteiger partial charge in [0.2, 0.25) is 0 Å². The predicted octanol–water partition coefficient (Wildman–Crippen LogP) is 5.14. The third-order valence-electron chi connectivity index (χ3n) is 6.23. The number of methoxy groups -OCH3 is 1. The van der Waals surface area contributed by atoms with E-state index in [1.165, 1.54) is 4.90 Å². The number of aliphatic hydroxyl groups excluding tert-OH is 1. The highest BCUT2D eigenvalue weighted by Crippen LogP contribution is 2.41. The Morgan fingerprint density at radius 3 is 2.32 bits per heavy atom. The number of hydrogen-bond acceptors (Lipinski definition) is 5. The smallest absolute Gasteiger partial charge is 0.295 e. The van der Waals surface area contributed by atoms with Crippen LogP contribution < -0.4 is 4.74 Å². The maximum Gasteiger partial charge on any atom is 0.295 e. The molecule has 6 nitrogen and oxygen atoms in total. The lowest BCUT2D eigenvalue weighted by atomic mass is 9.93. The molecule has 0 aliphatic carbocycles. The summed E-state index contributed by atoms with van der Waals surface area (Å²) < 4.78 is 5.32. The summed E-state index contributed by atoms with van der Waals surface area (Å²) in [4.78, 5) is 32.0. The largest absolute Gasteiger partial charge is 0.507 e. The fraction of sp³-hybridized carbons (Fsp3) is 0.250. The molecule has 0 radical (unpaired) electrons. The topological polar surface area (TPSA) is 79.7 Å². The summed E-state index contributed by atoms with van der Waals surface area (Å²) in [7, 11) is 1.58. The summed E-state index contributed by atoms with van der Waals surface area (Å²) >= 11 is 0. The van der Waals surface area contributed by atoms with Crippen LogP contribution in [0.4, 0.5) is 0 Å². The second kappa shape index (κ2) is 9.51. The highest BCUT2D eigenvalue weighted by molar-refractivity contribution is 6.46. The minimum atomic E-state index is -0.711. The van der Waals surface area contributed by atoms with Gasteiger partial charge in [0.15, 0.2) is 0 Å². The summed E-state index contributed by atoms with van der Waals surface area (Å²) in [5.74, 6) is -0.506. The van der Waals surface area contributed by atoms with Crippen molar-refractivity contribution < 1.29 is 19.4 Å². The van der Waals surface area contributed by atoms with Crippen molar-refractivity contribution in [3.05, 3.63) is 100 Å². The van der Waals surface area contributed by atoms with Gasteiger partial charge in [-0.1, -0.05) is 38.1 Å². The second-order valence-corrected chi connectivity index (χ2v) is 8.79. The quantitative estimate of drug-likeness (QED) is 0.315. The number of benzene rings is 2. The molecule has 1 aliphatic heterocycles. The molecule has 0 saturated carbocycles. The van der Waals surface area contributed by atoms with E-state index in [9.17, 15) is 14.7 Å². The van der Waals surface area contributed by atoms with Gasteiger partial charge in [0, 0.05) is 24.5 Å². The van der Waals surface area contributed by atoms with Crippen LogP contribution in [0.25, 0.3) is 5.76 Å². The van der Waals surface area contributed by atoms with Crippen LogP contribution >= 0.6 is 0 Å². The zero-order valence-electron chi connectivity index (χ0n) is 19.8. The maximum absolute atomic E-state index is 13.2. The molecule has 1 N–H and O–H groups in total. The van der Waals surface area contributed by atoms with Gasteiger partial charge in [-0.15, -0.1) is 0 Å². The number of pyridine rings is 1. The van der Waals surface area contributed by atoms with E-state index in [0.29, 0.717) is 17.2 Å². The maximum atomic E-state index is 13.2. The van der Waals surface area contributed by atoms with Gasteiger partial charge in [-0.3, -0.25) is 14.6 Å². The molecule has 1 aliphatic rings. The Morgan fingerprint density at radius 1 is 1.06 bits per heavy atom. The first-order valence-electron chi connectivity index (χ1n) is 11.2. The summed E-state index contributed by atoms with van der Waals surface area (Å²) in [6.07, 6.45) is 3.30. The minimum Gasteiger partial charge on any atom is -0.507 e. The number of likely N-dealkylation sites (tertiary alicyclic amines) is 1. The van der Waals surface area contributed by atoms with Crippen molar-refractivity contribution in [1.82, 2.24) is 9.88 Å². The number of aliphatic hydroxyl groups is 1. The number of nitrogens with zero attached hydrogens (tertiary/aromatic N) is 2. The van der Waals surface area contributed by atoms with Crippen LogP contribution in [0.5, 0.6) is 5.75 Å². The van der Waals surface area contributed by atoms with Crippen LogP contribution in [-0.4, -0.2) is 33.8 Å². The lowest BCUT2D eigenvalue weighted by Crippen LogP contribution is -2.29. The molecule has 0 spiro atoms. The highest BCUT2D eigenvalue weighted by Gasteiger charge is 2.46. The van der Waals surface area contributed by atoms with Crippen LogP contribution in [0, 0.1) is 6.92 Å². The second-order valence-electron chi connectivity index (χ2n) is 8.79. The molecule has 1 unspecified atom stereocenters. The van der Waals surface area contributed by atoms with Gasteiger partial charge >= 0.3 is 0 Å². The molecule has 4 rings (SSSR count). The van der Waals surface area contributed by atoms with E-state index in [-0.39, 0.29) is 17.9 Å². The molecule has 1 aromatic heterocycles. The van der Waals surface area contributed by atoms with Gasteiger partial charge in [-0.25, -0.2) is 0 Å². The van der Waals surface area contributed by atoms with Gasteiger partial charge in [-0.2, -0.15) is 0 Å². The van der Waals surface area contributed by atoms with E-state index in [1.807, 2.05) is 43.3 Å². The Bertz CT molecular complexity index is 1250. The fourth-order valence-corrected chi connectivity index (χ4v) is 4.32. The van der Waals surface area contributed by atoms with Crippen molar-refractivity contribution >= 4 is 17.4 Å². The Labute approximate surface area is 199 Å². The van der Waals surface area contributed by atoms with E-state index < -0.39 is 17.7 Å². The standard InChI is InChI=1S/C28H28N2O4/c1-17(2)20-5-7-21(8-6-20)25-24(26(31)22-9-10-23(34-4)18(3)15-22)27(32)28(33)30(25)16-19-11-13-29-14-12-19/h5-15,17,25,31H,16H2,1-4H3/b26-24-. The molecule has 1 amide bonds. The highest BCUT2D eigenvalue weighted by atomic mass is 16.5. The number of rotatable bonds is 6. The summed E-state index contributed by atoms with van der Waals surface area (Å²) in [6.45, 7) is 6.30. The van der Waals surface area contributed by atoms with Crippen molar-refractivity contribution in [2.75, 3.05) is 7.11 Å². The van der Waals surface area contributed by atoms with Crippen LogP contribution in [0.15, 0.2) is 72.6 Å². The number of carbonyl (C=O) groups is 2. The van der Waals surface area contributed by atoms with Gasteiger partial charge < -0.3 is 14.7 Å². The number of ether oxygens (including phenoxy) is 1. The summed E-state index contributed by atoms with van der Waals surface area (Å²) in [6, 6.07) is 16.0. The molecule has 34 heavy (non-hydrogen) atoms. The number of Topliss-reactive ketones (excluding diaryl/α,β-unsaturated/α-hetero) is 1. The molecule has 0 bridgehead atoms. The molecule has 1 saturated heterocycles.